The van der Waals surface area contributed by atoms with Crippen molar-refractivity contribution in [1.29, 1.82) is 0 Å². The van der Waals surface area contributed by atoms with Gasteiger partial charge in [0.2, 0.25) is 0 Å². The molecule has 0 saturated heterocycles. The molecule has 0 amide bonds. The van der Waals surface area contributed by atoms with Crippen LogP contribution in [0.4, 0.5) is 0 Å². The van der Waals surface area contributed by atoms with Gasteiger partial charge in [0, 0.05) is 6.04 Å². The lowest BCUT2D eigenvalue weighted by Gasteiger charge is -2.15. The average molecular weight is 271 g/mol. The molecule has 0 aliphatic heterocycles. The van der Waals surface area contributed by atoms with Crippen molar-refractivity contribution in [3.8, 4) is 17.2 Å². The Kier molecular flexibility index (Phi) is 5.02. The Morgan fingerprint density at radius 2 is 1.55 bits per heavy atom. The van der Waals surface area contributed by atoms with Crippen molar-refractivity contribution in [2.75, 3.05) is 6.61 Å². The van der Waals surface area contributed by atoms with Crippen LogP contribution in [0.1, 0.15) is 19.4 Å². The first kappa shape index (κ1) is 14.4. The van der Waals surface area contributed by atoms with Crippen molar-refractivity contribution in [3.63, 3.8) is 0 Å². The topological polar surface area (TPSA) is 44.5 Å². The second-order valence-corrected chi connectivity index (χ2v) is 4.77. The highest BCUT2D eigenvalue weighted by Crippen LogP contribution is 2.33. The number of ether oxygens (including phenoxy) is 2. The first-order chi connectivity index (χ1) is 9.70. The lowest BCUT2D eigenvalue weighted by atomic mass is 10.1. The van der Waals surface area contributed by atoms with E-state index in [2.05, 4.69) is 0 Å². The van der Waals surface area contributed by atoms with Crippen LogP contribution < -0.4 is 15.2 Å². The molecule has 3 heteroatoms. The molecular formula is C17H21NO2. The van der Waals surface area contributed by atoms with E-state index in [0.717, 1.165) is 29.2 Å². The molecule has 0 heterocycles. The summed E-state index contributed by atoms with van der Waals surface area (Å²) in [4.78, 5) is 0. The number of hydrogen-bond donors (Lipinski definition) is 1. The van der Waals surface area contributed by atoms with Gasteiger partial charge in [0.1, 0.15) is 5.75 Å². The molecule has 0 radical (unpaired) electrons. The fourth-order valence-electron chi connectivity index (χ4n) is 2.05. The minimum Gasteiger partial charge on any atom is -0.490 e. The summed E-state index contributed by atoms with van der Waals surface area (Å²) in [6, 6.07) is 15.8. The van der Waals surface area contributed by atoms with Gasteiger partial charge in [0.25, 0.3) is 0 Å². The van der Waals surface area contributed by atoms with E-state index in [9.17, 15) is 0 Å². The van der Waals surface area contributed by atoms with Gasteiger partial charge in [0.05, 0.1) is 6.61 Å². The maximum Gasteiger partial charge on any atom is 0.169 e. The van der Waals surface area contributed by atoms with Gasteiger partial charge in [-0.2, -0.15) is 0 Å². The van der Waals surface area contributed by atoms with Crippen LogP contribution in [0, 0.1) is 0 Å². The molecule has 0 saturated carbocycles. The zero-order valence-corrected chi connectivity index (χ0v) is 12.0. The molecule has 1 atom stereocenters. The molecule has 3 nitrogen and oxygen atoms in total. The first-order valence-electron chi connectivity index (χ1n) is 6.94. The second-order valence-electron chi connectivity index (χ2n) is 4.77. The Bertz CT molecular complexity index is 552. The highest BCUT2D eigenvalue weighted by molar-refractivity contribution is 5.45. The van der Waals surface area contributed by atoms with Gasteiger partial charge < -0.3 is 15.2 Å². The highest BCUT2D eigenvalue weighted by atomic mass is 16.5. The largest absolute Gasteiger partial charge is 0.490 e. The molecule has 1 unspecified atom stereocenters. The molecule has 0 spiro atoms. The second kappa shape index (κ2) is 6.96. The predicted octanol–water partition coefficient (Wildman–Crippen LogP) is 3.77. The van der Waals surface area contributed by atoms with Crippen LogP contribution in [-0.2, 0) is 6.42 Å². The van der Waals surface area contributed by atoms with Crippen molar-refractivity contribution in [1.82, 2.24) is 0 Å². The third-order valence-corrected chi connectivity index (χ3v) is 2.88. The van der Waals surface area contributed by atoms with Crippen LogP contribution in [0.2, 0.25) is 0 Å². The van der Waals surface area contributed by atoms with E-state index >= 15 is 0 Å². The third kappa shape index (κ3) is 3.75. The van der Waals surface area contributed by atoms with Gasteiger partial charge in [0.15, 0.2) is 11.5 Å². The van der Waals surface area contributed by atoms with Gasteiger partial charge in [-0.25, -0.2) is 0 Å². The molecule has 2 rings (SSSR count). The quantitative estimate of drug-likeness (QED) is 0.869. The standard InChI is InChI=1S/C17H21NO2/c1-3-19-16-10-6-7-11-17(16)20-15-9-5-4-8-14(15)12-13(2)18/h4-11,13H,3,12,18H2,1-2H3. The first-order valence-corrected chi connectivity index (χ1v) is 6.94. The van der Waals surface area contributed by atoms with Crippen LogP contribution in [0.5, 0.6) is 17.2 Å². The van der Waals surface area contributed by atoms with Gasteiger partial charge >= 0.3 is 0 Å². The summed E-state index contributed by atoms with van der Waals surface area (Å²) in [5.74, 6) is 2.31. The Morgan fingerprint density at radius 3 is 2.20 bits per heavy atom. The van der Waals surface area contributed by atoms with Crippen LogP contribution in [0.15, 0.2) is 48.5 Å². The molecule has 20 heavy (non-hydrogen) atoms. The van der Waals surface area contributed by atoms with Gasteiger partial charge in [-0.05, 0) is 44.0 Å². The van der Waals surface area contributed by atoms with Crippen molar-refractivity contribution in [3.05, 3.63) is 54.1 Å². The van der Waals surface area contributed by atoms with Crippen molar-refractivity contribution >= 4 is 0 Å². The zero-order valence-electron chi connectivity index (χ0n) is 12.0. The molecule has 0 aromatic heterocycles. The molecule has 0 aliphatic rings. The van der Waals surface area contributed by atoms with E-state index in [-0.39, 0.29) is 6.04 Å². The molecule has 2 aromatic rings. The number of para-hydroxylation sites is 3. The number of rotatable bonds is 6. The summed E-state index contributed by atoms with van der Waals surface area (Å²) in [6.07, 6.45) is 0.785. The molecule has 0 fully saturated rings. The molecule has 2 aromatic carbocycles. The number of benzene rings is 2. The SMILES string of the molecule is CCOc1ccccc1Oc1ccccc1CC(C)N. The predicted molar refractivity (Wildman–Crippen MR) is 81.5 cm³/mol. The van der Waals surface area contributed by atoms with E-state index in [1.807, 2.05) is 62.4 Å². The normalized spacial score (nSPS) is 11.9. The molecule has 0 bridgehead atoms. The van der Waals surface area contributed by atoms with Crippen LogP contribution in [-0.4, -0.2) is 12.6 Å². The van der Waals surface area contributed by atoms with Crippen LogP contribution >= 0.6 is 0 Å². The molecule has 106 valence electrons. The summed E-state index contributed by atoms with van der Waals surface area (Å²) in [5.41, 5.74) is 6.99. The molecular weight excluding hydrogens is 250 g/mol. The Labute approximate surface area is 120 Å². The Balaban J connectivity index is 2.26. The monoisotopic (exact) mass is 271 g/mol. The number of nitrogens with two attached hydrogens (primary N) is 1. The van der Waals surface area contributed by atoms with Gasteiger partial charge in [-0.1, -0.05) is 30.3 Å². The fourth-order valence-corrected chi connectivity index (χ4v) is 2.05. The zero-order chi connectivity index (χ0) is 14.4. The smallest absolute Gasteiger partial charge is 0.169 e. The third-order valence-electron chi connectivity index (χ3n) is 2.88. The number of hydrogen-bond acceptors (Lipinski definition) is 3. The van der Waals surface area contributed by atoms with Crippen molar-refractivity contribution < 1.29 is 9.47 Å². The minimum absolute atomic E-state index is 0.0990. The maximum atomic E-state index is 6.01. The summed E-state index contributed by atoms with van der Waals surface area (Å²) < 4.78 is 11.6. The van der Waals surface area contributed by atoms with Crippen molar-refractivity contribution in [2.24, 2.45) is 5.73 Å². The maximum absolute atomic E-state index is 6.01. The van der Waals surface area contributed by atoms with Crippen LogP contribution in [0.3, 0.4) is 0 Å². The summed E-state index contributed by atoms with van der Waals surface area (Å²) in [5, 5.41) is 0. The van der Waals surface area contributed by atoms with Crippen molar-refractivity contribution in [2.45, 2.75) is 26.3 Å². The van der Waals surface area contributed by atoms with Gasteiger partial charge in [-0.3, -0.25) is 0 Å². The summed E-state index contributed by atoms with van der Waals surface area (Å²) >= 11 is 0. The minimum atomic E-state index is 0.0990. The van der Waals surface area contributed by atoms with E-state index in [4.69, 9.17) is 15.2 Å². The van der Waals surface area contributed by atoms with Gasteiger partial charge in [-0.15, -0.1) is 0 Å². The molecule has 2 N–H and O–H groups in total. The van der Waals surface area contributed by atoms with E-state index in [1.54, 1.807) is 0 Å². The molecule has 0 aliphatic carbocycles. The van der Waals surface area contributed by atoms with E-state index in [0.29, 0.717) is 6.61 Å². The average Bonchev–Trinajstić information content (AvgIpc) is 2.43. The van der Waals surface area contributed by atoms with Crippen LogP contribution in [0.25, 0.3) is 0 Å². The lowest BCUT2D eigenvalue weighted by molar-refractivity contribution is 0.321. The Morgan fingerprint density at radius 1 is 0.950 bits per heavy atom. The van der Waals surface area contributed by atoms with E-state index in [1.165, 1.54) is 0 Å². The summed E-state index contributed by atoms with van der Waals surface area (Å²) in [6.45, 7) is 4.56. The Hall–Kier alpha value is -2.00. The summed E-state index contributed by atoms with van der Waals surface area (Å²) in [7, 11) is 0. The van der Waals surface area contributed by atoms with E-state index < -0.39 is 0 Å². The highest BCUT2D eigenvalue weighted by Gasteiger charge is 2.09. The fraction of sp³-hybridized carbons (Fsp3) is 0.294. The lowest BCUT2D eigenvalue weighted by Crippen LogP contribution is -2.18.